The van der Waals surface area contributed by atoms with Gasteiger partial charge in [0.25, 0.3) is 0 Å². The lowest BCUT2D eigenvalue weighted by Crippen LogP contribution is -2.43. The molecule has 0 amide bonds. The number of anilines is 1. The average Bonchev–Trinajstić information content (AvgIpc) is 2.47. The Morgan fingerprint density at radius 3 is 2.43 bits per heavy atom. The van der Waals surface area contributed by atoms with Crippen LogP contribution in [0.1, 0.15) is 35.8 Å². The van der Waals surface area contributed by atoms with E-state index in [-0.39, 0.29) is 0 Å². The van der Waals surface area contributed by atoms with E-state index in [9.17, 15) is 14.7 Å². The molecule has 0 spiro atoms. The van der Waals surface area contributed by atoms with Gasteiger partial charge in [-0.05, 0) is 38.8 Å². The Kier molecular flexibility index (Phi) is 4.16. The van der Waals surface area contributed by atoms with E-state index in [1.807, 2.05) is 0 Å². The van der Waals surface area contributed by atoms with Gasteiger partial charge < -0.3 is 14.7 Å². The number of ether oxygens (including phenoxy) is 1. The largest absolute Gasteiger partial charge is 0.481 e. The first-order valence-corrected chi connectivity index (χ1v) is 6.92. The van der Waals surface area contributed by atoms with Crippen LogP contribution < -0.4 is 4.90 Å². The number of nitrogens with zero attached hydrogens (tertiary/aromatic N) is 2. The molecular formula is C15H20N2O4. The van der Waals surface area contributed by atoms with Gasteiger partial charge in [0.2, 0.25) is 0 Å². The third kappa shape index (κ3) is 2.99. The summed E-state index contributed by atoms with van der Waals surface area (Å²) in [4.78, 5) is 29.3. The van der Waals surface area contributed by atoms with E-state index in [4.69, 9.17) is 4.74 Å². The minimum atomic E-state index is -0.743. The first kappa shape index (κ1) is 15.3. The number of carboxylic acid groups (broad SMARTS) is 1. The highest BCUT2D eigenvalue weighted by atomic mass is 16.5. The van der Waals surface area contributed by atoms with Gasteiger partial charge in [-0.1, -0.05) is 0 Å². The summed E-state index contributed by atoms with van der Waals surface area (Å²) in [6.07, 6.45) is 1.17. The van der Waals surface area contributed by atoms with E-state index in [1.54, 1.807) is 26.0 Å². The normalized spacial score (nSPS) is 17.4. The molecule has 0 atom stereocenters. The third-order valence-corrected chi connectivity index (χ3v) is 4.18. The summed E-state index contributed by atoms with van der Waals surface area (Å²) in [5.74, 6) is -0.372. The molecule has 6 nitrogen and oxygen atoms in total. The maximum atomic E-state index is 11.5. The van der Waals surface area contributed by atoms with Gasteiger partial charge in [-0.2, -0.15) is 0 Å². The Bertz CT molecular complexity index is 563. The number of carbonyl (C=O) groups is 2. The summed E-state index contributed by atoms with van der Waals surface area (Å²) in [5, 5.41) is 9.24. The molecule has 0 aromatic carbocycles. The molecule has 1 aliphatic rings. The predicted molar refractivity (Wildman–Crippen MR) is 77.5 cm³/mol. The molecule has 1 fully saturated rings. The highest BCUT2D eigenvalue weighted by Gasteiger charge is 2.37. The minimum absolute atomic E-state index is 0.399. The van der Waals surface area contributed by atoms with Crippen molar-refractivity contribution in [3.8, 4) is 0 Å². The van der Waals surface area contributed by atoms with Crippen molar-refractivity contribution in [1.82, 2.24) is 4.98 Å². The number of pyridine rings is 1. The van der Waals surface area contributed by atoms with Crippen molar-refractivity contribution >= 4 is 17.8 Å². The first-order chi connectivity index (χ1) is 9.87. The van der Waals surface area contributed by atoms with Crippen LogP contribution in [0.25, 0.3) is 0 Å². The van der Waals surface area contributed by atoms with Gasteiger partial charge in [-0.25, -0.2) is 9.78 Å². The topological polar surface area (TPSA) is 79.7 Å². The number of carbonyl (C=O) groups excluding carboxylic acids is 1. The molecule has 1 N–H and O–H groups in total. The van der Waals surface area contributed by atoms with E-state index >= 15 is 0 Å². The lowest BCUT2D eigenvalue weighted by molar-refractivity contribution is -0.149. The van der Waals surface area contributed by atoms with Gasteiger partial charge in [-0.15, -0.1) is 0 Å². The summed E-state index contributed by atoms with van der Waals surface area (Å²) in [6, 6.07) is 3.48. The summed E-state index contributed by atoms with van der Waals surface area (Å²) in [7, 11) is 1.34. The molecule has 1 aromatic rings. The van der Waals surface area contributed by atoms with E-state index in [2.05, 4.69) is 9.88 Å². The Morgan fingerprint density at radius 1 is 1.33 bits per heavy atom. The second kappa shape index (κ2) is 5.71. The van der Waals surface area contributed by atoms with Gasteiger partial charge in [0.05, 0.1) is 23.8 Å². The van der Waals surface area contributed by atoms with Crippen LogP contribution >= 0.6 is 0 Å². The Labute approximate surface area is 123 Å². The second-order valence-electron chi connectivity index (χ2n) is 5.65. The predicted octanol–water partition coefficient (Wildman–Crippen LogP) is 1.87. The van der Waals surface area contributed by atoms with Crippen molar-refractivity contribution in [2.75, 3.05) is 25.1 Å². The molecule has 0 bridgehead atoms. The smallest absolute Gasteiger partial charge is 0.339 e. The first-order valence-electron chi connectivity index (χ1n) is 6.92. The van der Waals surface area contributed by atoms with Crippen molar-refractivity contribution in [2.24, 2.45) is 5.41 Å². The van der Waals surface area contributed by atoms with E-state index in [0.29, 0.717) is 37.2 Å². The number of piperidine rings is 1. The van der Waals surface area contributed by atoms with Gasteiger partial charge in [0.15, 0.2) is 0 Å². The third-order valence-electron chi connectivity index (χ3n) is 4.18. The number of rotatable bonds is 3. The molecule has 2 rings (SSSR count). The summed E-state index contributed by atoms with van der Waals surface area (Å²) < 4.78 is 4.70. The monoisotopic (exact) mass is 292 g/mol. The number of carboxylic acids is 1. The molecule has 2 heterocycles. The van der Waals surface area contributed by atoms with E-state index in [0.717, 1.165) is 5.82 Å². The minimum Gasteiger partial charge on any atom is -0.481 e. The molecule has 1 saturated heterocycles. The van der Waals surface area contributed by atoms with Crippen molar-refractivity contribution in [2.45, 2.75) is 26.7 Å². The number of aliphatic carboxylic acids is 1. The number of hydrogen-bond donors (Lipinski definition) is 1. The van der Waals surface area contributed by atoms with Gasteiger partial charge >= 0.3 is 11.9 Å². The molecule has 1 aromatic heterocycles. The SMILES string of the molecule is COC(=O)c1ccc(N2CCC(C)(C(=O)O)CC2)nc1C. The number of esters is 1. The summed E-state index contributed by atoms with van der Waals surface area (Å²) >= 11 is 0. The molecule has 0 unspecified atom stereocenters. The molecule has 21 heavy (non-hydrogen) atoms. The van der Waals surface area contributed by atoms with Crippen molar-refractivity contribution < 1.29 is 19.4 Å². The van der Waals surface area contributed by atoms with Crippen LogP contribution in [0.5, 0.6) is 0 Å². The standard InChI is InChI=1S/C15H20N2O4/c1-10-11(13(18)21-3)4-5-12(16-10)17-8-6-15(2,7-9-17)14(19)20/h4-5H,6-9H2,1-3H3,(H,19,20). The van der Waals surface area contributed by atoms with Crippen molar-refractivity contribution in [3.63, 3.8) is 0 Å². The van der Waals surface area contributed by atoms with Gasteiger partial charge in [-0.3, -0.25) is 4.79 Å². The molecule has 0 aliphatic carbocycles. The molecule has 6 heteroatoms. The van der Waals surface area contributed by atoms with Crippen LogP contribution in [0.3, 0.4) is 0 Å². The van der Waals surface area contributed by atoms with E-state index < -0.39 is 17.4 Å². The molecular weight excluding hydrogens is 272 g/mol. The zero-order chi connectivity index (χ0) is 15.6. The maximum Gasteiger partial charge on any atom is 0.339 e. The fourth-order valence-electron chi connectivity index (χ4n) is 2.49. The zero-order valence-corrected chi connectivity index (χ0v) is 12.5. The lowest BCUT2D eigenvalue weighted by Gasteiger charge is -2.37. The van der Waals surface area contributed by atoms with Gasteiger partial charge in [0, 0.05) is 13.1 Å². The van der Waals surface area contributed by atoms with Crippen molar-refractivity contribution in [3.05, 3.63) is 23.4 Å². The van der Waals surface area contributed by atoms with Crippen LogP contribution in [-0.2, 0) is 9.53 Å². The van der Waals surface area contributed by atoms with Crippen LogP contribution in [0.15, 0.2) is 12.1 Å². The Balaban J connectivity index is 2.13. The number of aryl methyl sites for hydroxylation is 1. The molecule has 0 radical (unpaired) electrons. The highest BCUT2D eigenvalue weighted by Crippen LogP contribution is 2.32. The van der Waals surface area contributed by atoms with Crippen LogP contribution in [0.2, 0.25) is 0 Å². The second-order valence-corrected chi connectivity index (χ2v) is 5.65. The van der Waals surface area contributed by atoms with E-state index in [1.165, 1.54) is 7.11 Å². The molecule has 0 saturated carbocycles. The van der Waals surface area contributed by atoms with Gasteiger partial charge in [0.1, 0.15) is 5.82 Å². The molecule has 114 valence electrons. The summed E-state index contributed by atoms with van der Waals surface area (Å²) in [5.41, 5.74) is 0.414. The number of hydrogen-bond acceptors (Lipinski definition) is 5. The fourth-order valence-corrected chi connectivity index (χ4v) is 2.49. The van der Waals surface area contributed by atoms with Crippen molar-refractivity contribution in [1.29, 1.82) is 0 Å². The fraction of sp³-hybridized carbons (Fsp3) is 0.533. The zero-order valence-electron chi connectivity index (χ0n) is 12.5. The number of aromatic nitrogens is 1. The lowest BCUT2D eigenvalue weighted by atomic mass is 9.80. The average molecular weight is 292 g/mol. The Morgan fingerprint density at radius 2 is 1.95 bits per heavy atom. The van der Waals surface area contributed by atoms with Crippen LogP contribution in [0, 0.1) is 12.3 Å². The maximum absolute atomic E-state index is 11.5. The summed E-state index contributed by atoms with van der Waals surface area (Å²) in [6.45, 7) is 4.84. The Hall–Kier alpha value is -2.11. The van der Waals surface area contributed by atoms with Crippen LogP contribution in [0.4, 0.5) is 5.82 Å². The molecule has 1 aliphatic heterocycles. The quantitative estimate of drug-likeness (QED) is 0.857. The van der Waals surface area contributed by atoms with Crippen LogP contribution in [-0.4, -0.2) is 42.2 Å². The highest BCUT2D eigenvalue weighted by molar-refractivity contribution is 5.90. The number of methoxy groups -OCH3 is 1.